The molecule has 1 aliphatic rings. The molecular formula is C41H50N5O8P. The summed E-state index contributed by atoms with van der Waals surface area (Å²) in [4.78, 5) is 29.1. The zero-order valence-electron chi connectivity index (χ0n) is 32.4. The minimum absolute atomic E-state index is 0.0327. The topological polar surface area (TPSA) is 146 Å². The summed E-state index contributed by atoms with van der Waals surface area (Å²) in [7, 11) is 1.57. The van der Waals surface area contributed by atoms with Gasteiger partial charge in [-0.15, -0.1) is 0 Å². The predicted octanol–water partition coefficient (Wildman–Crippen LogP) is 7.18. The quantitative estimate of drug-likeness (QED) is 0.0624. The van der Waals surface area contributed by atoms with E-state index in [4.69, 9.17) is 28.0 Å². The van der Waals surface area contributed by atoms with E-state index in [1.54, 1.807) is 26.5 Å². The van der Waals surface area contributed by atoms with Crippen LogP contribution in [0.1, 0.15) is 70.4 Å². The molecule has 1 aliphatic heterocycles. The minimum atomic E-state index is -1.68. The van der Waals surface area contributed by atoms with Gasteiger partial charge in [0, 0.05) is 31.6 Å². The van der Waals surface area contributed by atoms with Crippen molar-refractivity contribution in [3.05, 3.63) is 118 Å². The number of rotatable bonds is 18. The number of nitrogens with zero attached hydrogens (tertiary/aromatic N) is 4. The highest BCUT2D eigenvalue weighted by Crippen LogP contribution is 2.50. The van der Waals surface area contributed by atoms with Crippen LogP contribution in [0.2, 0.25) is 0 Å². The molecule has 3 aromatic carbocycles. The number of anilines is 1. The molecule has 5 rings (SSSR count). The Labute approximate surface area is 324 Å². The van der Waals surface area contributed by atoms with Gasteiger partial charge in [-0.2, -0.15) is 10.2 Å². The highest BCUT2D eigenvalue weighted by molar-refractivity contribution is 7.44. The number of carbonyl (C=O) groups excluding carboxylic acids is 1. The number of hydrogen-bond acceptors (Lipinski definition) is 11. The second-order valence-electron chi connectivity index (χ2n) is 13.6. The second-order valence-corrected chi connectivity index (χ2v) is 15.0. The summed E-state index contributed by atoms with van der Waals surface area (Å²) in [5.74, 6) is 1.20. The summed E-state index contributed by atoms with van der Waals surface area (Å²) in [5, 5.41) is 11.9. The van der Waals surface area contributed by atoms with Gasteiger partial charge in [0.15, 0.2) is 0 Å². The molecule has 1 saturated heterocycles. The van der Waals surface area contributed by atoms with Gasteiger partial charge in [0.2, 0.25) is 5.91 Å². The number of nitriles is 1. The molecule has 4 aromatic rings. The van der Waals surface area contributed by atoms with Crippen LogP contribution in [-0.2, 0) is 28.9 Å². The van der Waals surface area contributed by atoms with Crippen LogP contribution in [0.5, 0.6) is 11.5 Å². The van der Waals surface area contributed by atoms with E-state index in [-0.39, 0.29) is 49.9 Å². The van der Waals surface area contributed by atoms with E-state index in [1.165, 1.54) is 11.5 Å². The van der Waals surface area contributed by atoms with Crippen molar-refractivity contribution in [2.45, 2.75) is 83.6 Å². The Morgan fingerprint density at radius 2 is 1.55 bits per heavy atom. The Balaban J connectivity index is 1.59. The number of aromatic nitrogens is 2. The van der Waals surface area contributed by atoms with E-state index in [0.717, 1.165) is 16.7 Å². The normalized spacial score (nSPS) is 17.7. The Morgan fingerprint density at radius 1 is 0.964 bits per heavy atom. The maximum Gasteiger partial charge on any atom is 0.351 e. The molecule has 0 spiro atoms. The molecule has 2 heterocycles. The van der Waals surface area contributed by atoms with Gasteiger partial charge in [-0.05, 0) is 74.7 Å². The van der Waals surface area contributed by atoms with Gasteiger partial charge in [0.25, 0.3) is 8.53 Å². The number of methoxy groups -OCH3 is 2. The zero-order valence-corrected chi connectivity index (χ0v) is 33.3. The number of ether oxygens (including phenoxy) is 4. The van der Waals surface area contributed by atoms with Crippen molar-refractivity contribution in [2.75, 3.05) is 32.8 Å². The Morgan fingerprint density at radius 3 is 2.05 bits per heavy atom. The van der Waals surface area contributed by atoms with E-state index >= 15 is 0 Å². The van der Waals surface area contributed by atoms with Crippen LogP contribution in [-0.4, -0.2) is 71.9 Å². The summed E-state index contributed by atoms with van der Waals surface area (Å²) in [6, 6.07) is 29.3. The minimum Gasteiger partial charge on any atom is -0.497 e. The molecule has 14 heteroatoms. The largest absolute Gasteiger partial charge is 0.497 e. The van der Waals surface area contributed by atoms with Gasteiger partial charge in [0.05, 0.1) is 46.0 Å². The maximum atomic E-state index is 13.4. The zero-order chi connectivity index (χ0) is 39.5. The molecule has 0 bridgehead atoms. The van der Waals surface area contributed by atoms with Crippen LogP contribution in [0.15, 0.2) is 95.9 Å². The number of nitrogens with one attached hydrogen (secondary N) is 1. The SMILES string of the molecule is COc1ccc(C(OC[C@H]2O[C@@H](n3ccc(NC(C)=O)nc3=O)CC2OP(OCCC#N)N(C(C)C)C(C)C)(c2ccccc2)c2ccc(OC)cc2)cc1. The summed E-state index contributed by atoms with van der Waals surface area (Å²) in [6.07, 6.45) is -0.0653. The van der Waals surface area contributed by atoms with Crippen LogP contribution in [0.4, 0.5) is 5.82 Å². The molecule has 1 amide bonds. The third-order valence-electron chi connectivity index (χ3n) is 9.15. The molecule has 55 heavy (non-hydrogen) atoms. The number of amides is 1. The van der Waals surface area contributed by atoms with Gasteiger partial charge in [-0.3, -0.25) is 9.36 Å². The van der Waals surface area contributed by atoms with Crippen molar-refractivity contribution in [3.8, 4) is 17.6 Å². The van der Waals surface area contributed by atoms with Crippen LogP contribution >= 0.6 is 8.53 Å². The van der Waals surface area contributed by atoms with Gasteiger partial charge in [-0.25, -0.2) is 9.46 Å². The molecule has 0 saturated carbocycles. The van der Waals surface area contributed by atoms with Crippen LogP contribution in [0.3, 0.4) is 0 Å². The van der Waals surface area contributed by atoms with Crippen molar-refractivity contribution >= 4 is 20.3 Å². The maximum absolute atomic E-state index is 13.4. The van der Waals surface area contributed by atoms with E-state index in [1.807, 2.05) is 78.9 Å². The highest BCUT2D eigenvalue weighted by Gasteiger charge is 2.45. The smallest absolute Gasteiger partial charge is 0.351 e. The van der Waals surface area contributed by atoms with Gasteiger partial charge < -0.3 is 33.3 Å². The highest BCUT2D eigenvalue weighted by atomic mass is 31.2. The monoisotopic (exact) mass is 771 g/mol. The third-order valence-corrected chi connectivity index (χ3v) is 11.3. The van der Waals surface area contributed by atoms with Crippen molar-refractivity contribution < 1.29 is 32.8 Å². The first-order valence-corrected chi connectivity index (χ1v) is 19.4. The molecule has 4 atom stereocenters. The molecule has 1 fully saturated rings. The van der Waals surface area contributed by atoms with Gasteiger partial charge in [-0.1, -0.05) is 54.6 Å². The first-order valence-electron chi connectivity index (χ1n) is 18.3. The van der Waals surface area contributed by atoms with Crippen molar-refractivity contribution in [3.63, 3.8) is 0 Å². The van der Waals surface area contributed by atoms with E-state index < -0.39 is 38.3 Å². The Kier molecular flexibility index (Phi) is 14.5. The van der Waals surface area contributed by atoms with Crippen molar-refractivity contribution in [2.24, 2.45) is 0 Å². The lowest BCUT2D eigenvalue weighted by Gasteiger charge is -2.39. The van der Waals surface area contributed by atoms with Crippen molar-refractivity contribution in [1.29, 1.82) is 5.26 Å². The van der Waals surface area contributed by atoms with Crippen LogP contribution in [0, 0.1) is 11.3 Å². The number of benzene rings is 3. The van der Waals surface area contributed by atoms with Crippen LogP contribution < -0.4 is 20.5 Å². The molecule has 0 aliphatic carbocycles. The number of hydrogen-bond donors (Lipinski definition) is 1. The molecule has 292 valence electrons. The fourth-order valence-corrected chi connectivity index (χ4v) is 8.46. The lowest BCUT2D eigenvalue weighted by molar-refractivity contribution is -0.114. The molecule has 1 N–H and O–H groups in total. The lowest BCUT2D eigenvalue weighted by Crippen LogP contribution is -2.39. The number of carbonyl (C=O) groups is 1. The molecule has 0 radical (unpaired) electrons. The van der Waals surface area contributed by atoms with E-state index in [2.05, 4.69) is 48.7 Å². The average molecular weight is 772 g/mol. The summed E-state index contributed by atoms with van der Waals surface area (Å²) >= 11 is 0. The summed E-state index contributed by atoms with van der Waals surface area (Å²) in [6.45, 7) is 9.85. The third kappa shape index (κ3) is 9.96. The van der Waals surface area contributed by atoms with E-state index in [9.17, 15) is 14.9 Å². The Hall–Kier alpha value is -4.67. The standard InChI is InChI=1S/C41H50N5O8P/c1-28(2)46(29(3)4)55(52-25-11-23-42)54-36-26-39(45-24-22-38(43-30(5)47)44-40(45)48)53-37(36)27-51-41(31-12-9-8-10-13-31,32-14-18-34(49-6)19-15-32)33-16-20-35(50-7)21-17-33/h8-10,12-22,24,28-29,36-37,39H,11,25-27H2,1-7H3,(H,43,44,47,48)/t36?,37-,39-,55?/m1/s1. The molecule has 1 aromatic heterocycles. The Bertz CT molecular complexity index is 1880. The summed E-state index contributed by atoms with van der Waals surface area (Å²) < 4.78 is 41.7. The van der Waals surface area contributed by atoms with Gasteiger partial charge >= 0.3 is 5.69 Å². The first kappa shape index (κ1) is 41.5. The lowest BCUT2D eigenvalue weighted by atomic mass is 9.80. The molecular weight excluding hydrogens is 721 g/mol. The second kappa shape index (κ2) is 19.3. The summed E-state index contributed by atoms with van der Waals surface area (Å²) in [5.41, 5.74) is 0.835. The average Bonchev–Trinajstić information content (AvgIpc) is 3.57. The van der Waals surface area contributed by atoms with Crippen LogP contribution in [0.25, 0.3) is 0 Å². The predicted molar refractivity (Wildman–Crippen MR) is 210 cm³/mol. The van der Waals surface area contributed by atoms with Gasteiger partial charge in [0.1, 0.15) is 35.2 Å². The van der Waals surface area contributed by atoms with E-state index in [0.29, 0.717) is 11.5 Å². The molecule has 13 nitrogen and oxygen atoms in total. The fraction of sp³-hybridized carbons (Fsp3) is 0.415. The van der Waals surface area contributed by atoms with Crippen molar-refractivity contribution in [1.82, 2.24) is 14.2 Å². The first-order chi connectivity index (χ1) is 26.5. The molecule has 2 unspecified atom stereocenters. The fourth-order valence-electron chi connectivity index (χ4n) is 6.71.